The van der Waals surface area contributed by atoms with Crippen LogP contribution in [0.4, 0.5) is 0 Å². The number of hydrogen-bond donors (Lipinski definition) is 1. The Balaban J connectivity index is 1.72. The van der Waals surface area contributed by atoms with Crippen LogP contribution in [0.3, 0.4) is 0 Å². The summed E-state index contributed by atoms with van der Waals surface area (Å²) in [7, 11) is 1.58. The first kappa shape index (κ1) is 23.0. The van der Waals surface area contributed by atoms with Gasteiger partial charge in [0.2, 0.25) is 6.79 Å². The molecule has 1 aromatic heterocycles. The van der Waals surface area contributed by atoms with Crippen molar-refractivity contribution in [2.75, 3.05) is 33.7 Å². The summed E-state index contributed by atoms with van der Waals surface area (Å²) >= 11 is 1.12. The number of ether oxygens (including phenoxy) is 4. The van der Waals surface area contributed by atoms with Crippen molar-refractivity contribution in [3.05, 3.63) is 43.3 Å². The Kier molecular flexibility index (Phi) is 7.44. The third-order valence-corrected chi connectivity index (χ3v) is 6.53. The van der Waals surface area contributed by atoms with Crippen LogP contribution in [0.25, 0.3) is 11.6 Å². The minimum absolute atomic E-state index is 0.0453. The molecule has 0 radical (unpaired) electrons. The topological polar surface area (TPSA) is 112 Å². The fourth-order valence-electron chi connectivity index (χ4n) is 3.73. The van der Waals surface area contributed by atoms with Gasteiger partial charge < -0.3 is 24.3 Å². The van der Waals surface area contributed by atoms with Crippen LogP contribution in [-0.4, -0.2) is 50.2 Å². The average molecular weight is 472 g/mol. The zero-order valence-electron chi connectivity index (χ0n) is 18.3. The van der Waals surface area contributed by atoms with E-state index in [1.54, 1.807) is 25.3 Å². The molecule has 1 amide bonds. The van der Waals surface area contributed by atoms with Gasteiger partial charge in [0.1, 0.15) is 10.7 Å². The third kappa shape index (κ3) is 5.27. The molecule has 10 heteroatoms. The highest BCUT2D eigenvalue weighted by Crippen LogP contribution is 2.32. The maximum atomic E-state index is 13.2. The molecule has 1 aromatic carbocycles. The minimum Gasteiger partial charge on any atom is -0.454 e. The van der Waals surface area contributed by atoms with Gasteiger partial charge >= 0.3 is 0 Å². The van der Waals surface area contributed by atoms with E-state index in [2.05, 4.69) is 5.32 Å². The second-order valence-electron chi connectivity index (χ2n) is 7.66. The molecule has 2 aromatic rings. The molecule has 1 saturated heterocycles. The van der Waals surface area contributed by atoms with Gasteiger partial charge in [-0.3, -0.25) is 14.2 Å². The molecule has 3 heterocycles. The molecule has 4 rings (SSSR count). The summed E-state index contributed by atoms with van der Waals surface area (Å²) < 4.78 is 23.6. The van der Waals surface area contributed by atoms with E-state index in [0.29, 0.717) is 53.4 Å². The lowest BCUT2D eigenvalue weighted by Crippen LogP contribution is -2.37. The number of carbonyl (C=O) groups excluding carboxylic acids is 1. The van der Waals surface area contributed by atoms with Crippen molar-refractivity contribution >= 4 is 28.9 Å². The lowest BCUT2D eigenvalue weighted by molar-refractivity contribution is -0.116. The van der Waals surface area contributed by atoms with E-state index in [-0.39, 0.29) is 24.0 Å². The SMILES string of the molecule is COCCCn1c(=O)/c(=C/c2ccc3c(c2)OCO3)s/c1=C(\C#N)C(=O)NCC1CCCO1. The second-order valence-corrected chi connectivity index (χ2v) is 8.69. The van der Waals surface area contributed by atoms with Crippen molar-refractivity contribution in [3.63, 3.8) is 0 Å². The summed E-state index contributed by atoms with van der Waals surface area (Å²) in [4.78, 5) is 26.0. The zero-order valence-corrected chi connectivity index (χ0v) is 19.1. The van der Waals surface area contributed by atoms with Crippen LogP contribution >= 0.6 is 11.3 Å². The van der Waals surface area contributed by atoms with Crippen LogP contribution < -0.4 is 29.5 Å². The maximum Gasteiger partial charge on any atom is 0.269 e. The van der Waals surface area contributed by atoms with E-state index in [1.165, 1.54) is 4.57 Å². The first-order chi connectivity index (χ1) is 16.1. The van der Waals surface area contributed by atoms with Gasteiger partial charge in [-0.1, -0.05) is 6.07 Å². The number of rotatable bonds is 8. The Hall–Kier alpha value is -3.13. The molecule has 2 aliphatic rings. The fraction of sp³-hybridized carbons (Fsp3) is 0.435. The van der Waals surface area contributed by atoms with Crippen molar-refractivity contribution in [1.82, 2.24) is 9.88 Å². The predicted molar refractivity (Wildman–Crippen MR) is 121 cm³/mol. The molecular weight excluding hydrogens is 446 g/mol. The Labute approximate surface area is 194 Å². The minimum atomic E-state index is -0.510. The van der Waals surface area contributed by atoms with Crippen LogP contribution in [0.15, 0.2) is 23.0 Å². The van der Waals surface area contributed by atoms with Crippen molar-refractivity contribution in [2.45, 2.75) is 31.9 Å². The Bertz CT molecular complexity index is 1240. The van der Waals surface area contributed by atoms with E-state index in [9.17, 15) is 14.9 Å². The number of methoxy groups -OCH3 is 1. The molecule has 1 fully saturated rings. The van der Waals surface area contributed by atoms with E-state index in [1.807, 2.05) is 12.1 Å². The van der Waals surface area contributed by atoms with Gasteiger partial charge in [0.15, 0.2) is 17.1 Å². The highest BCUT2D eigenvalue weighted by atomic mass is 32.1. The summed E-state index contributed by atoms with van der Waals surface area (Å²) in [6, 6.07) is 7.39. The molecule has 2 aliphatic heterocycles. The second kappa shape index (κ2) is 10.7. The largest absolute Gasteiger partial charge is 0.454 e. The molecule has 1 unspecified atom stereocenters. The number of hydrogen-bond acceptors (Lipinski definition) is 8. The smallest absolute Gasteiger partial charge is 0.269 e. The number of nitrogens with zero attached hydrogens (tertiary/aromatic N) is 2. The van der Waals surface area contributed by atoms with E-state index in [0.717, 1.165) is 29.7 Å². The molecule has 1 N–H and O–H groups in total. The van der Waals surface area contributed by atoms with Crippen LogP contribution in [-0.2, 0) is 20.8 Å². The van der Waals surface area contributed by atoms with Crippen molar-refractivity contribution in [2.24, 2.45) is 0 Å². The standard InChI is InChI=1S/C23H25N3O6S/c1-29-8-3-7-26-22(28)20(11-15-5-6-18-19(10-15)32-14-31-18)33-23(26)17(12-24)21(27)25-13-16-4-2-9-30-16/h5-6,10-11,16H,2-4,7-9,13-14H2,1H3,(H,25,27)/b20-11-,23-17+. The van der Waals surface area contributed by atoms with Crippen LogP contribution in [0.2, 0.25) is 0 Å². The lowest BCUT2D eigenvalue weighted by Gasteiger charge is -2.10. The predicted octanol–water partition coefficient (Wildman–Crippen LogP) is 0.473. The average Bonchev–Trinajstić information content (AvgIpc) is 3.56. The molecule has 0 saturated carbocycles. The van der Waals surface area contributed by atoms with Crippen LogP contribution in [0, 0.1) is 11.3 Å². The summed E-state index contributed by atoms with van der Waals surface area (Å²) in [6.07, 6.45) is 4.08. The summed E-state index contributed by atoms with van der Waals surface area (Å²) in [5.74, 6) is 0.752. The number of fused-ring (bicyclic) bond motifs is 1. The number of benzene rings is 1. The van der Waals surface area contributed by atoms with Crippen molar-refractivity contribution in [3.8, 4) is 17.6 Å². The normalized spacial score (nSPS) is 18.3. The first-order valence-corrected chi connectivity index (χ1v) is 11.6. The van der Waals surface area contributed by atoms with E-state index in [4.69, 9.17) is 18.9 Å². The Morgan fingerprint density at radius 3 is 3.00 bits per heavy atom. The molecule has 0 aliphatic carbocycles. The number of nitrogens with one attached hydrogen (secondary N) is 1. The van der Waals surface area contributed by atoms with Gasteiger partial charge in [0.25, 0.3) is 11.5 Å². The summed E-state index contributed by atoms with van der Waals surface area (Å²) in [6.45, 7) is 1.96. The summed E-state index contributed by atoms with van der Waals surface area (Å²) in [5, 5.41) is 12.6. The van der Waals surface area contributed by atoms with Gasteiger partial charge in [0, 0.05) is 33.4 Å². The first-order valence-electron chi connectivity index (χ1n) is 10.7. The van der Waals surface area contributed by atoms with Crippen molar-refractivity contribution in [1.29, 1.82) is 5.26 Å². The lowest BCUT2D eigenvalue weighted by atomic mass is 10.2. The van der Waals surface area contributed by atoms with E-state index < -0.39 is 5.91 Å². The van der Waals surface area contributed by atoms with Gasteiger partial charge in [-0.05, 0) is 43.0 Å². The zero-order chi connectivity index (χ0) is 23.2. The summed E-state index contributed by atoms with van der Waals surface area (Å²) in [5.41, 5.74) is 0.413. The molecule has 0 bridgehead atoms. The fourth-order valence-corrected chi connectivity index (χ4v) is 4.85. The molecule has 1 atom stereocenters. The van der Waals surface area contributed by atoms with Gasteiger partial charge in [0.05, 0.1) is 10.6 Å². The van der Waals surface area contributed by atoms with Gasteiger partial charge in [-0.15, -0.1) is 11.3 Å². The molecular formula is C23H25N3O6S. The Morgan fingerprint density at radius 1 is 1.39 bits per heavy atom. The third-order valence-electron chi connectivity index (χ3n) is 5.40. The Morgan fingerprint density at radius 2 is 2.24 bits per heavy atom. The number of aromatic nitrogens is 1. The molecule has 9 nitrogen and oxygen atoms in total. The quantitative estimate of drug-likeness (QED) is 0.557. The number of carbonyl (C=O) groups is 1. The maximum absolute atomic E-state index is 13.2. The highest BCUT2D eigenvalue weighted by molar-refractivity contribution is 7.07. The van der Waals surface area contributed by atoms with Crippen LogP contribution in [0.5, 0.6) is 11.5 Å². The van der Waals surface area contributed by atoms with Gasteiger partial charge in [-0.2, -0.15) is 5.26 Å². The van der Waals surface area contributed by atoms with Gasteiger partial charge in [-0.25, -0.2) is 0 Å². The molecule has 0 spiro atoms. The molecule has 33 heavy (non-hydrogen) atoms. The number of amides is 1. The monoisotopic (exact) mass is 471 g/mol. The van der Waals surface area contributed by atoms with Crippen molar-refractivity contribution < 1.29 is 23.7 Å². The molecule has 174 valence electrons. The highest BCUT2D eigenvalue weighted by Gasteiger charge is 2.20. The number of thiazole rings is 1. The van der Waals surface area contributed by atoms with Crippen LogP contribution in [0.1, 0.15) is 24.8 Å². The van der Waals surface area contributed by atoms with E-state index >= 15 is 0 Å². The number of nitriles is 1.